The summed E-state index contributed by atoms with van der Waals surface area (Å²) in [6, 6.07) is 6.07. The van der Waals surface area contributed by atoms with Gasteiger partial charge in [0.05, 0.1) is 5.92 Å². The molecule has 0 fully saturated rings. The Morgan fingerprint density at radius 3 is 2.88 bits per heavy atom. The molecule has 3 heteroatoms. The Balaban J connectivity index is 2.29. The number of nitrogens with zero attached hydrogens (tertiary/aromatic N) is 1. The second-order valence-corrected chi connectivity index (χ2v) is 4.58. The van der Waals surface area contributed by atoms with Gasteiger partial charge in [0.2, 0.25) is 0 Å². The van der Waals surface area contributed by atoms with Crippen LogP contribution in [0.15, 0.2) is 18.2 Å². The smallest absolute Gasteiger partial charge is 0.310 e. The SMILES string of the molecule is CC(C(=O)O)c1ccc2c(c1)CCN(C)C2. The van der Waals surface area contributed by atoms with Crippen molar-refractivity contribution in [1.82, 2.24) is 4.90 Å². The van der Waals surface area contributed by atoms with Gasteiger partial charge in [0.1, 0.15) is 0 Å². The van der Waals surface area contributed by atoms with Crippen LogP contribution in [-0.4, -0.2) is 29.6 Å². The number of aliphatic carboxylic acids is 1. The highest BCUT2D eigenvalue weighted by atomic mass is 16.4. The Hall–Kier alpha value is -1.35. The van der Waals surface area contributed by atoms with E-state index in [9.17, 15) is 4.79 Å². The van der Waals surface area contributed by atoms with Crippen LogP contribution < -0.4 is 0 Å². The Morgan fingerprint density at radius 1 is 1.44 bits per heavy atom. The lowest BCUT2D eigenvalue weighted by molar-refractivity contribution is -0.138. The van der Waals surface area contributed by atoms with Gasteiger partial charge < -0.3 is 10.0 Å². The number of rotatable bonds is 2. The van der Waals surface area contributed by atoms with Gasteiger partial charge in [-0.25, -0.2) is 0 Å². The molecule has 1 aromatic rings. The highest BCUT2D eigenvalue weighted by Gasteiger charge is 2.17. The van der Waals surface area contributed by atoms with Crippen LogP contribution in [0.25, 0.3) is 0 Å². The molecule has 0 radical (unpaired) electrons. The fraction of sp³-hybridized carbons (Fsp3) is 0.462. The van der Waals surface area contributed by atoms with Crippen LogP contribution in [0.4, 0.5) is 0 Å². The van der Waals surface area contributed by atoms with Gasteiger partial charge in [-0.15, -0.1) is 0 Å². The van der Waals surface area contributed by atoms with Gasteiger partial charge in [0.15, 0.2) is 0 Å². The Kier molecular flexibility index (Phi) is 2.97. The predicted molar refractivity (Wildman–Crippen MR) is 62.5 cm³/mol. The predicted octanol–water partition coefficient (Wildman–Crippen LogP) is 1.86. The third-order valence-corrected chi connectivity index (χ3v) is 3.30. The molecule has 1 aliphatic rings. The molecule has 1 N–H and O–H groups in total. The van der Waals surface area contributed by atoms with E-state index in [0.717, 1.165) is 25.1 Å². The molecule has 0 amide bonds. The van der Waals surface area contributed by atoms with Gasteiger partial charge in [-0.2, -0.15) is 0 Å². The maximum absolute atomic E-state index is 10.9. The monoisotopic (exact) mass is 219 g/mol. The first-order valence-electron chi connectivity index (χ1n) is 5.61. The summed E-state index contributed by atoms with van der Waals surface area (Å²) in [5, 5.41) is 8.97. The van der Waals surface area contributed by atoms with Crippen molar-refractivity contribution in [2.45, 2.75) is 25.8 Å². The third-order valence-electron chi connectivity index (χ3n) is 3.30. The molecule has 0 aliphatic carbocycles. The zero-order chi connectivity index (χ0) is 11.7. The molecule has 1 unspecified atom stereocenters. The molecule has 0 bridgehead atoms. The van der Waals surface area contributed by atoms with E-state index >= 15 is 0 Å². The second kappa shape index (κ2) is 4.26. The first-order chi connectivity index (χ1) is 7.58. The van der Waals surface area contributed by atoms with Crippen LogP contribution in [0.5, 0.6) is 0 Å². The van der Waals surface area contributed by atoms with Gasteiger partial charge >= 0.3 is 5.97 Å². The topological polar surface area (TPSA) is 40.5 Å². The maximum Gasteiger partial charge on any atom is 0.310 e. The molecular formula is C13H17NO2. The van der Waals surface area contributed by atoms with Crippen molar-refractivity contribution in [2.75, 3.05) is 13.6 Å². The molecule has 0 spiro atoms. The van der Waals surface area contributed by atoms with Crippen LogP contribution in [0.3, 0.4) is 0 Å². The summed E-state index contributed by atoms with van der Waals surface area (Å²) in [7, 11) is 2.11. The summed E-state index contributed by atoms with van der Waals surface area (Å²) in [6.07, 6.45) is 1.02. The summed E-state index contributed by atoms with van der Waals surface area (Å²) in [4.78, 5) is 13.2. The van der Waals surface area contributed by atoms with Gasteiger partial charge in [0, 0.05) is 13.1 Å². The number of hydrogen-bond donors (Lipinski definition) is 1. The zero-order valence-electron chi connectivity index (χ0n) is 9.73. The number of fused-ring (bicyclic) bond motifs is 1. The number of carboxylic acids is 1. The molecule has 1 atom stereocenters. The molecule has 0 saturated heterocycles. The second-order valence-electron chi connectivity index (χ2n) is 4.58. The fourth-order valence-electron chi connectivity index (χ4n) is 2.13. The summed E-state index contributed by atoms with van der Waals surface area (Å²) >= 11 is 0. The summed E-state index contributed by atoms with van der Waals surface area (Å²) < 4.78 is 0. The van der Waals surface area contributed by atoms with E-state index in [1.165, 1.54) is 11.1 Å². The minimum Gasteiger partial charge on any atom is -0.481 e. The number of hydrogen-bond acceptors (Lipinski definition) is 2. The summed E-state index contributed by atoms with van der Waals surface area (Å²) in [6.45, 7) is 3.76. The molecular weight excluding hydrogens is 202 g/mol. The third kappa shape index (κ3) is 2.09. The summed E-state index contributed by atoms with van der Waals surface area (Å²) in [5.74, 6) is -1.17. The van der Waals surface area contributed by atoms with Crippen LogP contribution in [0.1, 0.15) is 29.5 Å². The lowest BCUT2D eigenvalue weighted by Gasteiger charge is -2.25. The number of carboxylic acid groups (broad SMARTS) is 1. The fourth-order valence-corrected chi connectivity index (χ4v) is 2.13. The Bertz CT molecular complexity index is 414. The standard InChI is InChI=1S/C13H17NO2/c1-9(13(15)16)10-3-4-12-8-14(2)6-5-11(12)7-10/h3-4,7,9H,5-6,8H2,1-2H3,(H,15,16). The molecule has 2 rings (SSSR count). The number of carbonyl (C=O) groups is 1. The van der Waals surface area contributed by atoms with Crippen molar-refractivity contribution in [1.29, 1.82) is 0 Å². The molecule has 1 heterocycles. The van der Waals surface area contributed by atoms with Crippen LogP contribution in [0, 0.1) is 0 Å². The molecule has 86 valence electrons. The van der Waals surface area contributed by atoms with E-state index in [1.807, 2.05) is 6.07 Å². The lowest BCUT2D eigenvalue weighted by Crippen LogP contribution is -2.26. The van der Waals surface area contributed by atoms with Crippen molar-refractivity contribution in [2.24, 2.45) is 0 Å². The number of likely N-dealkylation sites (N-methyl/N-ethyl adjacent to an activating group) is 1. The molecule has 16 heavy (non-hydrogen) atoms. The van der Waals surface area contributed by atoms with Crippen molar-refractivity contribution in [3.63, 3.8) is 0 Å². The molecule has 1 aromatic carbocycles. The van der Waals surface area contributed by atoms with E-state index in [2.05, 4.69) is 24.1 Å². The van der Waals surface area contributed by atoms with Gasteiger partial charge in [-0.05, 0) is 37.1 Å². The van der Waals surface area contributed by atoms with E-state index in [4.69, 9.17) is 5.11 Å². The zero-order valence-corrected chi connectivity index (χ0v) is 9.73. The van der Waals surface area contributed by atoms with Crippen molar-refractivity contribution < 1.29 is 9.90 Å². The van der Waals surface area contributed by atoms with Crippen molar-refractivity contribution >= 4 is 5.97 Å². The van der Waals surface area contributed by atoms with E-state index in [0.29, 0.717) is 0 Å². The van der Waals surface area contributed by atoms with E-state index < -0.39 is 11.9 Å². The first-order valence-corrected chi connectivity index (χ1v) is 5.61. The molecule has 1 aliphatic heterocycles. The first kappa shape index (κ1) is 11.1. The highest BCUT2D eigenvalue weighted by molar-refractivity contribution is 5.75. The maximum atomic E-state index is 10.9. The molecule has 3 nitrogen and oxygen atoms in total. The largest absolute Gasteiger partial charge is 0.481 e. The Morgan fingerprint density at radius 2 is 2.19 bits per heavy atom. The molecule has 0 aromatic heterocycles. The van der Waals surface area contributed by atoms with E-state index in [1.54, 1.807) is 6.92 Å². The minimum absolute atomic E-state index is 0.412. The average molecular weight is 219 g/mol. The van der Waals surface area contributed by atoms with Gasteiger partial charge in [0.25, 0.3) is 0 Å². The highest BCUT2D eigenvalue weighted by Crippen LogP contribution is 2.23. The number of benzene rings is 1. The van der Waals surface area contributed by atoms with Crippen LogP contribution in [-0.2, 0) is 17.8 Å². The minimum atomic E-state index is -0.757. The quantitative estimate of drug-likeness (QED) is 0.825. The lowest BCUT2D eigenvalue weighted by atomic mass is 9.93. The van der Waals surface area contributed by atoms with Crippen LogP contribution >= 0.6 is 0 Å². The van der Waals surface area contributed by atoms with Crippen molar-refractivity contribution in [3.05, 3.63) is 34.9 Å². The van der Waals surface area contributed by atoms with Crippen molar-refractivity contribution in [3.8, 4) is 0 Å². The normalized spacial score (nSPS) is 17.9. The van der Waals surface area contributed by atoms with Gasteiger partial charge in [-0.3, -0.25) is 4.79 Å². The van der Waals surface area contributed by atoms with E-state index in [-0.39, 0.29) is 0 Å². The average Bonchev–Trinajstić information content (AvgIpc) is 2.27. The van der Waals surface area contributed by atoms with Crippen LogP contribution in [0.2, 0.25) is 0 Å². The molecule has 0 saturated carbocycles. The Labute approximate surface area is 95.7 Å². The van der Waals surface area contributed by atoms with Gasteiger partial charge in [-0.1, -0.05) is 18.2 Å². The summed E-state index contributed by atoms with van der Waals surface area (Å²) in [5.41, 5.74) is 3.55.